The number of nitrogens with zero attached hydrogens (tertiary/aromatic N) is 1. The molecule has 0 amide bonds. The standard InChI is InChI=1S/C16H15F3N2O3S/c1-2-24-14-7-9-15(10-8-14)25(22,23)21-20-11-12-3-5-13(6-4-12)16(17,18)19/h3-11,21H,2H2,1H3. The molecule has 0 atom stereocenters. The molecule has 2 aromatic carbocycles. The van der Waals surface area contributed by atoms with E-state index in [1.165, 1.54) is 36.4 Å². The second kappa shape index (κ2) is 7.56. The lowest BCUT2D eigenvalue weighted by atomic mass is 10.1. The fraction of sp³-hybridized carbons (Fsp3) is 0.188. The van der Waals surface area contributed by atoms with Gasteiger partial charge in [0.2, 0.25) is 0 Å². The van der Waals surface area contributed by atoms with Crippen molar-refractivity contribution in [1.82, 2.24) is 4.83 Å². The molecular formula is C16H15F3N2O3S. The normalized spacial score (nSPS) is 12.3. The Morgan fingerprint density at radius 3 is 2.20 bits per heavy atom. The molecule has 0 aliphatic rings. The number of benzene rings is 2. The van der Waals surface area contributed by atoms with Crippen molar-refractivity contribution >= 4 is 16.2 Å². The van der Waals surface area contributed by atoms with Crippen LogP contribution in [0.15, 0.2) is 58.5 Å². The van der Waals surface area contributed by atoms with Crippen molar-refractivity contribution in [2.45, 2.75) is 18.0 Å². The molecule has 1 N–H and O–H groups in total. The zero-order valence-electron chi connectivity index (χ0n) is 13.1. The molecule has 9 heteroatoms. The number of hydrazone groups is 1. The Hall–Kier alpha value is -2.55. The van der Waals surface area contributed by atoms with Crippen LogP contribution in [0.4, 0.5) is 13.2 Å². The highest BCUT2D eigenvalue weighted by Gasteiger charge is 2.29. The molecule has 0 saturated carbocycles. The Morgan fingerprint density at radius 1 is 1.08 bits per heavy atom. The second-order valence-electron chi connectivity index (χ2n) is 4.88. The summed E-state index contributed by atoms with van der Waals surface area (Å²) in [6.45, 7) is 2.27. The Labute approximate surface area is 143 Å². The van der Waals surface area contributed by atoms with Crippen LogP contribution in [0.25, 0.3) is 0 Å². The van der Waals surface area contributed by atoms with E-state index in [0.29, 0.717) is 17.9 Å². The summed E-state index contributed by atoms with van der Waals surface area (Å²) in [5.41, 5.74) is -0.470. The van der Waals surface area contributed by atoms with Crippen LogP contribution in [0.1, 0.15) is 18.1 Å². The molecule has 0 unspecified atom stereocenters. The summed E-state index contributed by atoms with van der Waals surface area (Å²) in [5, 5.41) is 3.56. The van der Waals surface area contributed by atoms with Crippen molar-refractivity contribution in [3.63, 3.8) is 0 Å². The number of rotatable bonds is 6. The van der Waals surface area contributed by atoms with Crippen LogP contribution in [0.5, 0.6) is 5.75 Å². The first-order chi connectivity index (χ1) is 11.7. The lowest BCUT2D eigenvalue weighted by Crippen LogP contribution is -2.18. The van der Waals surface area contributed by atoms with Gasteiger partial charge in [-0.05, 0) is 48.9 Å². The molecule has 5 nitrogen and oxygen atoms in total. The number of sulfonamides is 1. The van der Waals surface area contributed by atoms with Gasteiger partial charge in [0.25, 0.3) is 10.0 Å². The molecule has 0 bridgehead atoms. The molecule has 0 aliphatic carbocycles. The first-order valence-electron chi connectivity index (χ1n) is 7.17. The SMILES string of the molecule is CCOc1ccc(S(=O)(=O)NN=Cc2ccc(C(F)(F)F)cc2)cc1. The average Bonchev–Trinajstić information content (AvgIpc) is 2.55. The molecule has 0 radical (unpaired) electrons. The minimum absolute atomic E-state index is 0.0134. The Kier molecular flexibility index (Phi) is 5.68. The van der Waals surface area contributed by atoms with Gasteiger partial charge in [-0.15, -0.1) is 0 Å². The van der Waals surface area contributed by atoms with Crippen molar-refractivity contribution < 1.29 is 26.3 Å². The molecule has 0 fully saturated rings. The molecule has 0 aromatic heterocycles. The summed E-state index contributed by atoms with van der Waals surface area (Å²) in [6, 6.07) is 9.91. The van der Waals surface area contributed by atoms with E-state index in [9.17, 15) is 21.6 Å². The number of alkyl halides is 3. The zero-order valence-corrected chi connectivity index (χ0v) is 13.9. The third-order valence-corrected chi connectivity index (χ3v) is 4.31. The van der Waals surface area contributed by atoms with Gasteiger partial charge in [-0.1, -0.05) is 12.1 Å². The molecule has 2 aromatic rings. The summed E-state index contributed by atoms with van der Waals surface area (Å²) in [7, 11) is -3.88. The number of hydrogen-bond acceptors (Lipinski definition) is 4. The van der Waals surface area contributed by atoms with E-state index in [1.807, 2.05) is 11.8 Å². The van der Waals surface area contributed by atoms with E-state index < -0.39 is 21.8 Å². The highest BCUT2D eigenvalue weighted by atomic mass is 32.2. The van der Waals surface area contributed by atoms with Crippen molar-refractivity contribution in [3.05, 3.63) is 59.7 Å². The summed E-state index contributed by atoms with van der Waals surface area (Å²) in [5.74, 6) is 0.537. The summed E-state index contributed by atoms with van der Waals surface area (Å²) < 4.78 is 66.7. The van der Waals surface area contributed by atoms with Crippen molar-refractivity contribution in [2.24, 2.45) is 5.10 Å². The molecule has 0 heterocycles. The van der Waals surface area contributed by atoms with Gasteiger partial charge in [-0.3, -0.25) is 0 Å². The number of hydrogen-bond donors (Lipinski definition) is 1. The highest BCUT2D eigenvalue weighted by Crippen LogP contribution is 2.28. The van der Waals surface area contributed by atoms with E-state index in [0.717, 1.165) is 18.3 Å². The lowest BCUT2D eigenvalue weighted by Gasteiger charge is -2.06. The van der Waals surface area contributed by atoms with Crippen LogP contribution in [0.2, 0.25) is 0 Å². The predicted molar refractivity (Wildman–Crippen MR) is 87.0 cm³/mol. The average molecular weight is 372 g/mol. The van der Waals surface area contributed by atoms with Gasteiger partial charge in [0.1, 0.15) is 5.75 Å². The van der Waals surface area contributed by atoms with E-state index in [1.54, 1.807) is 0 Å². The number of nitrogens with one attached hydrogen (secondary N) is 1. The minimum Gasteiger partial charge on any atom is -0.494 e. The van der Waals surface area contributed by atoms with Crippen LogP contribution in [0, 0.1) is 0 Å². The first kappa shape index (κ1) is 18.8. The topological polar surface area (TPSA) is 67.8 Å². The molecule has 2 rings (SSSR count). The number of ether oxygens (including phenoxy) is 1. The molecular weight excluding hydrogens is 357 g/mol. The largest absolute Gasteiger partial charge is 0.494 e. The van der Waals surface area contributed by atoms with E-state index in [2.05, 4.69) is 5.10 Å². The highest BCUT2D eigenvalue weighted by molar-refractivity contribution is 7.89. The minimum atomic E-state index is -4.43. The van der Waals surface area contributed by atoms with Crippen LogP contribution < -0.4 is 9.57 Å². The van der Waals surface area contributed by atoms with Gasteiger partial charge >= 0.3 is 6.18 Å². The summed E-state index contributed by atoms with van der Waals surface area (Å²) >= 11 is 0. The summed E-state index contributed by atoms with van der Waals surface area (Å²) in [6.07, 6.45) is -3.31. The molecule has 0 aliphatic heterocycles. The summed E-state index contributed by atoms with van der Waals surface area (Å²) in [4.78, 5) is 1.99. The molecule has 25 heavy (non-hydrogen) atoms. The van der Waals surface area contributed by atoms with Crippen LogP contribution in [-0.4, -0.2) is 21.2 Å². The third kappa shape index (κ3) is 5.21. The maximum Gasteiger partial charge on any atom is 0.416 e. The Morgan fingerprint density at radius 2 is 1.68 bits per heavy atom. The third-order valence-electron chi connectivity index (χ3n) is 3.07. The van der Waals surface area contributed by atoms with Crippen LogP contribution >= 0.6 is 0 Å². The monoisotopic (exact) mass is 372 g/mol. The van der Waals surface area contributed by atoms with Gasteiger partial charge in [-0.25, -0.2) is 4.83 Å². The second-order valence-corrected chi connectivity index (χ2v) is 6.54. The van der Waals surface area contributed by atoms with Crippen molar-refractivity contribution in [1.29, 1.82) is 0 Å². The van der Waals surface area contributed by atoms with Crippen LogP contribution in [0.3, 0.4) is 0 Å². The van der Waals surface area contributed by atoms with Crippen molar-refractivity contribution in [3.8, 4) is 5.75 Å². The lowest BCUT2D eigenvalue weighted by molar-refractivity contribution is -0.137. The maximum absolute atomic E-state index is 12.5. The van der Waals surface area contributed by atoms with Crippen molar-refractivity contribution in [2.75, 3.05) is 6.61 Å². The Balaban J connectivity index is 2.04. The van der Waals surface area contributed by atoms with Gasteiger partial charge < -0.3 is 4.74 Å². The zero-order chi connectivity index (χ0) is 18.5. The number of halogens is 3. The maximum atomic E-state index is 12.5. The van der Waals surface area contributed by atoms with E-state index in [4.69, 9.17) is 4.74 Å². The smallest absolute Gasteiger partial charge is 0.416 e. The van der Waals surface area contributed by atoms with Gasteiger partial charge in [0.05, 0.1) is 23.3 Å². The quantitative estimate of drug-likeness (QED) is 0.624. The van der Waals surface area contributed by atoms with Gasteiger partial charge in [0.15, 0.2) is 0 Å². The predicted octanol–water partition coefficient (Wildman–Crippen LogP) is 3.42. The fourth-order valence-corrected chi connectivity index (χ4v) is 2.65. The molecule has 134 valence electrons. The fourth-order valence-electron chi connectivity index (χ4n) is 1.86. The first-order valence-corrected chi connectivity index (χ1v) is 8.65. The molecule has 0 spiro atoms. The van der Waals surface area contributed by atoms with Gasteiger partial charge in [-0.2, -0.15) is 26.7 Å². The van der Waals surface area contributed by atoms with E-state index in [-0.39, 0.29) is 4.90 Å². The van der Waals surface area contributed by atoms with E-state index >= 15 is 0 Å². The Bertz CT molecular complexity index is 830. The van der Waals surface area contributed by atoms with Crippen LogP contribution in [-0.2, 0) is 16.2 Å². The molecule has 0 saturated heterocycles. The van der Waals surface area contributed by atoms with Gasteiger partial charge in [0, 0.05) is 0 Å².